The lowest BCUT2D eigenvalue weighted by Gasteiger charge is -2.17. The quantitative estimate of drug-likeness (QED) is 0.793. The van der Waals surface area contributed by atoms with Crippen molar-refractivity contribution in [3.8, 4) is 0 Å². The van der Waals surface area contributed by atoms with E-state index in [1.807, 2.05) is 18.7 Å². The van der Waals surface area contributed by atoms with Crippen LogP contribution in [-0.2, 0) is 9.53 Å². The molecule has 1 aliphatic heterocycles. The molecule has 0 radical (unpaired) electrons. The number of nitrogens with zero attached hydrogens (tertiary/aromatic N) is 1. The summed E-state index contributed by atoms with van der Waals surface area (Å²) in [7, 11) is 0. The molecule has 2 atom stereocenters. The highest BCUT2D eigenvalue weighted by atomic mass is 35.5. The zero-order valence-electron chi connectivity index (χ0n) is 10.1. The molecule has 0 saturated carbocycles. The second-order valence-electron chi connectivity index (χ2n) is 4.34. The largest absolute Gasteiger partial charge is 0.381 e. The van der Waals surface area contributed by atoms with E-state index in [1.165, 1.54) is 0 Å². The highest BCUT2D eigenvalue weighted by Gasteiger charge is 2.26. The Morgan fingerprint density at radius 2 is 2.31 bits per heavy atom. The molecule has 1 fully saturated rings. The fraction of sp³-hybridized carbons (Fsp3) is 0.909. The van der Waals surface area contributed by atoms with Crippen molar-refractivity contribution in [1.29, 1.82) is 0 Å². The Balaban J connectivity index is 0.00000225. The van der Waals surface area contributed by atoms with E-state index in [4.69, 9.17) is 10.5 Å². The summed E-state index contributed by atoms with van der Waals surface area (Å²) in [4.78, 5) is 13.6. The molecule has 0 spiro atoms. The van der Waals surface area contributed by atoms with E-state index in [9.17, 15) is 4.79 Å². The van der Waals surface area contributed by atoms with Gasteiger partial charge in [0.2, 0.25) is 5.91 Å². The molecule has 0 aromatic heterocycles. The van der Waals surface area contributed by atoms with E-state index < -0.39 is 0 Å². The molecule has 2 unspecified atom stereocenters. The molecular weight excluding hydrogens is 228 g/mol. The minimum absolute atomic E-state index is 0. The molecule has 16 heavy (non-hydrogen) atoms. The summed E-state index contributed by atoms with van der Waals surface area (Å²) < 4.78 is 5.36. The van der Waals surface area contributed by atoms with Gasteiger partial charge < -0.3 is 15.4 Å². The van der Waals surface area contributed by atoms with E-state index in [1.54, 1.807) is 0 Å². The average molecular weight is 251 g/mol. The lowest BCUT2D eigenvalue weighted by atomic mass is 10.1. The highest BCUT2D eigenvalue weighted by molar-refractivity contribution is 5.85. The van der Waals surface area contributed by atoms with Gasteiger partial charge >= 0.3 is 0 Å². The fourth-order valence-electron chi connectivity index (χ4n) is 1.88. The standard InChI is InChI=1S/C11H22N2O2.ClH/c1-3-15-8-10-4-5-13(7-10)11(14)6-9(2)12;/h9-10H,3-8,12H2,1-2H3;1H. The first-order valence-electron chi connectivity index (χ1n) is 5.74. The Kier molecular flexibility index (Phi) is 7.72. The van der Waals surface area contributed by atoms with Crippen LogP contribution in [0.1, 0.15) is 26.7 Å². The summed E-state index contributed by atoms with van der Waals surface area (Å²) in [6, 6.07) is -0.0385. The second kappa shape index (κ2) is 7.87. The maximum Gasteiger partial charge on any atom is 0.224 e. The summed E-state index contributed by atoms with van der Waals surface area (Å²) in [5, 5.41) is 0. The van der Waals surface area contributed by atoms with Gasteiger partial charge in [-0.1, -0.05) is 0 Å². The monoisotopic (exact) mass is 250 g/mol. The molecule has 1 rings (SSSR count). The van der Waals surface area contributed by atoms with Crippen LogP contribution >= 0.6 is 12.4 Å². The van der Waals surface area contributed by atoms with Gasteiger partial charge in [-0.15, -0.1) is 12.4 Å². The maximum atomic E-state index is 11.7. The summed E-state index contributed by atoms with van der Waals surface area (Å²) >= 11 is 0. The fourth-order valence-corrected chi connectivity index (χ4v) is 1.88. The van der Waals surface area contributed by atoms with Crippen molar-refractivity contribution in [2.45, 2.75) is 32.7 Å². The van der Waals surface area contributed by atoms with Crippen molar-refractivity contribution in [2.24, 2.45) is 11.7 Å². The molecule has 5 heteroatoms. The van der Waals surface area contributed by atoms with Crippen LogP contribution < -0.4 is 5.73 Å². The summed E-state index contributed by atoms with van der Waals surface area (Å²) in [6.07, 6.45) is 1.52. The molecule has 96 valence electrons. The number of rotatable bonds is 5. The zero-order chi connectivity index (χ0) is 11.3. The minimum atomic E-state index is -0.0385. The third-order valence-electron chi connectivity index (χ3n) is 2.69. The van der Waals surface area contributed by atoms with E-state index in [0.717, 1.165) is 32.7 Å². The van der Waals surface area contributed by atoms with Gasteiger partial charge in [0, 0.05) is 38.1 Å². The molecule has 4 nitrogen and oxygen atoms in total. The SMILES string of the molecule is CCOCC1CCN(C(=O)CC(C)N)C1.Cl. The number of ether oxygens (including phenoxy) is 1. The predicted molar refractivity (Wildman–Crippen MR) is 66.7 cm³/mol. The summed E-state index contributed by atoms with van der Waals surface area (Å²) in [5.41, 5.74) is 5.60. The normalized spacial score (nSPS) is 21.7. The van der Waals surface area contributed by atoms with Crippen LogP contribution in [0.4, 0.5) is 0 Å². The van der Waals surface area contributed by atoms with Gasteiger partial charge in [0.1, 0.15) is 0 Å². The van der Waals surface area contributed by atoms with Crippen LogP contribution in [-0.4, -0.2) is 43.2 Å². The van der Waals surface area contributed by atoms with Crippen LogP contribution in [0, 0.1) is 5.92 Å². The summed E-state index contributed by atoms with van der Waals surface area (Å²) in [5.74, 6) is 0.700. The van der Waals surface area contributed by atoms with Crippen molar-refractivity contribution < 1.29 is 9.53 Å². The lowest BCUT2D eigenvalue weighted by Crippen LogP contribution is -2.33. The van der Waals surface area contributed by atoms with Gasteiger partial charge in [-0.05, 0) is 20.3 Å². The first kappa shape index (κ1) is 15.7. The third kappa shape index (κ3) is 5.14. The number of carbonyl (C=O) groups is 1. The van der Waals surface area contributed by atoms with Gasteiger partial charge in [-0.2, -0.15) is 0 Å². The van der Waals surface area contributed by atoms with Crippen molar-refractivity contribution in [1.82, 2.24) is 4.90 Å². The first-order valence-corrected chi connectivity index (χ1v) is 5.74. The summed E-state index contributed by atoms with van der Waals surface area (Å²) in [6.45, 7) is 7.09. The van der Waals surface area contributed by atoms with E-state index >= 15 is 0 Å². The second-order valence-corrected chi connectivity index (χ2v) is 4.34. The van der Waals surface area contributed by atoms with E-state index in [-0.39, 0.29) is 24.4 Å². The van der Waals surface area contributed by atoms with Gasteiger partial charge in [0.15, 0.2) is 0 Å². The number of hydrogen-bond acceptors (Lipinski definition) is 3. The topological polar surface area (TPSA) is 55.6 Å². The Labute approximate surface area is 104 Å². The van der Waals surface area contributed by atoms with Gasteiger partial charge in [0.25, 0.3) is 0 Å². The molecule has 1 heterocycles. The molecule has 0 bridgehead atoms. The molecule has 0 aromatic rings. The predicted octanol–water partition coefficient (Wildman–Crippen LogP) is 1.03. The molecule has 1 saturated heterocycles. The van der Waals surface area contributed by atoms with Gasteiger partial charge in [0.05, 0.1) is 6.61 Å². The van der Waals surface area contributed by atoms with Crippen molar-refractivity contribution >= 4 is 18.3 Å². The Morgan fingerprint density at radius 1 is 1.62 bits per heavy atom. The lowest BCUT2D eigenvalue weighted by molar-refractivity contribution is -0.130. The number of carbonyl (C=O) groups excluding carboxylic acids is 1. The van der Waals surface area contributed by atoms with E-state index in [2.05, 4.69) is 0 Å². The molecule has 1 aliphatic rings. The van der Waals surface area contributed by atoms with Gasteiger partial charge in [-0.3, -0.25) is 4.79 Å². The van der Waals surface area contributed by atoms with Crippen LogP contribution in [0.15, 0.2) is 0 Å². The molecule has 1 amide bonds. The first-order chi connectivity index (χ1) is 7.13. The van der Waals surface area contributed by atoms with Crippen LogP contribution in [0.5, 0.6) is 0 Å². The number of halogens is 1. The molecule has 0 aliphatic carbocycles. The maximum absolute atomic E-state index is 11.7. The minimum Gasteiger partial charge on any atom is -0.381 e. The van der Waals surface area contributed by atoms with Crippen LogP contribution in [0.3, 0.4) is 0 Å². The Hall–Kier alpha value is -0.320. The number of likely N-dealkylation sites (tertiary alicyclic amines) is 1. The Morgan fingerprint density at radius 3 is 2.88 bits per heavy atom. The Bertz CT molecular complexity index is 212. The smallest absolute Gasteiger partial charge is 0.224 e. The van der Waals surface area contributed by atoms with Gasteiger partial charge in [-0.25, -0.2) is 0 Å². The highest BCUT2D eigenvalue weighted by Crippen LogP contribution is 2.17. The molecule has 2 N–H and O–H groups in total. The number of hydrogen-bond donors (Lipinski definition) is 1. The van der Waals surface area contributed by atoms with Crippen molar-refractivity contribution in [3.05, 3.63) is 0 Å². The zero-order valence-corrected chi connectivity index (χ0v) is 11.0. The number of nitrogens with two attached hydrogens (primary N) is 1. The van der Waals surface area contributed by atoms with Crippen molar-refractivity contribution in [2.75, 3.05) is 26.3 Å². The van der Waals surface area contributed by atoms with Crippen molar-refractivity contribution in [3.63, 3.8) is 0 Å². The van der Waals surface area contributed by atoms with Crippen LogP contribution in [0.2, 0.25) is 0 Å². The average Bonchev–Trinajstić information content (AvgIpc) is 2.62. The van der Waals surface area contributed by atoms with Crippen LogP contribution in [0.25, 0.3) is 0 Å². The number of amides is 1. The molecule has 0 aromatic carbocycles. The molecular formula is C11H23ClN2O2. The van der Waals surface area contributed by atoms with E-state index in [0.29, 0.717) is 12.3 Å². The third-order valence-corrected chi connectivity index (χ3v) is 2.69.